The molecule has 0 aromatic heterocycles. The van der Waals surface area contributed by atoms with Crippen LogP contribution in [0.2, 0.25) is 16.6 Å². The molecule has 0 unspecified atom stereocenters. The SMILES string of the molecule is COC(=O)[C@@H]1CCCN1C(=O)[C@H](Cc1ccccc1)NC(=O)[C@@H](C)[C@H](O[Si](C(C)C)(C(C)C)C(C)C)[C@H](C)CC[C@@H](C)O. The average molecular weight is 619 g/mol. The van der Waals surface area contributed by atoms with E-state index in [0.29, 0.717) is 48.9 Å². The number of nitrogens with zero attached hydrogens (tertiary/aromatic N) is 1. The van der Waals surface area contributed by atoms with Crippen molar-refractivity contribution in [1.29, 1.82) is 0 Å². The summed E-state index contributed by atoms with van der Waals surface area (Å²) in [4.78, 5) is 42.1. The molecule has 0 radical (unpaired) electrons. The van der Waals surface area contributed by atoms with Crippen molar-refractivity contribution in [2.24, 2.45) is 11.8 Å². The van der Waals surface area contributed by atoms with Crippen LogP contribution in [0, 0.1) is 11.8 Å². The van der Waals surface area contributed by atoms with Crippen molar-refractivity contribution in [3.8, 4) is 0 Å². The van der Waals surface area contributed by atoms with Gasteiger partial charge in [0.05, 0.1) is 25.2 Å². The lowest BCUT2D eigenvalue weighted by Crippen LogP contribution is -2.57. The van der Waals surface area contributed by atoms with Crippen molar-refractivity contribution in [2.45, 2.75) is 135 Å². The summed E-state index contributed by atoms with van der Waals surface area (Å²) in [5.41, 5.74) is 1.94. The van der Waals surface area contributed by atoms with E-state index in [0.717, 1.165) is 12.0 Å². The lowest BCUT2D eigenvalue weighted by atomic mass is 9.88. The molecule has 0 spiro atoms. The molecule has 0 saturated carbocycles. The quantitative estimate of drug-likeness (QED) is 0.177. The van der Waals surface area contributed by atoms with Crippen LogP contribution in [0.15, 0.2) is 30.3 Å². The molecule has 1 saturated heterocycles. The van der Waals surface area contributed by atoms with Crippen molar-refractivity contribution in [2.75, 3.05) is 13.7 Å². The summed E-state index contributed by atoms with van der Waals surface area (Å²) in [5, 5.41) is 13.1. The second-order valence-electron chi connectivity index (χ2n) is 13.6. The van der Waals surface area contributed by atoms with Crippen LogP contribution in [0.5, 0.6) is 0 Å². The topological polar surface area (TPSA) is 105 Å². The predicted molar refractivity (Wildman–Crippen MR) is 174 cm³/mol. The summed E-state index contributed by atoms with van der Waals surface area (Å²) in [6.07, 6.45) is 2.09. The maximum absolute atomic E-state index is 14.1. The number of esters is 1. The highest BCUT2D eigenvalue weighted by Gasteiger charge is 2.49. The number of methoxy groups -OCH3 is 1. The Labute approximate surface area is 261 Å². The Morgan fingerprint density at radius 1 is 0.953 bits per heavy atom. The Morgan fingerprint density at radius 3 is 2.05 bits per heavy atom. The summed E-state index contributed by atoms with van der Waals surface area (Å²) in [6, 6.07) is 8.14. The fourth-order valence-electron chi connectivity index (χ4n) is 7.14. The third-order valence-corrected chi connectivity index (χ3v) is 15.6. The Hall–Kier alpha value is -2.23. The van der Waals surface area contributed by atoms with Crippen molar-refractivity contribution < 1.29 is 28.7 Å². The highest BCUT2D eigenvalue weighted by Crippen LogP contribution is 2.45. The maximum Gasteiger partial charge on any atom is 0.328 e. The number of hydrogen-bond acceptors (Lipinski definition) is 6. The lowest BCUT2D eigenvalue weighted by Gasteiger charge is -2.47. The van der Waals surface area contributed by atoms with E-state index >= 15 is 0 Å². The summed E-state index contributed by atoms with van der Waals surface area (Å²) < 4.78 is 12.2. The number of carbonyl (C=O) groups is 3. The number of hydrogen-bond donors (Lipinski definition) is 2. The maximum atomic E-state index is 14.1. The zero-order valence-corrected chi connectivity index (χ0v) is 29.3. The van der Waals surface area contributed by atoms with E-state index in [1.807, 2.05) is 37.3 Å². The Balaban J connectivity index is 2.44. The van der Waals surface area contributed by atoms with Crippen LogP contribution in [0.1, 0.15) is 93.6 Å². The van der Waals surface area contributed by atoms with Gasteiger partial charge in [0.25, 0.3) is 0 Å². The van der Waals surface area contributed by atoms with Crippen molar-refractivity contribution >= 4 is 26.1 Å². The molecule has 244 valence electrons. The van der Waals surface area contributed by atoms with E-state index in [2.05, 4.69) is 53.8 Å². The van der Waals surface area contributed by atoms with Gasteiger partial charge in [0.2, 0.25) is 20.1 Å². The fraction of sp³-hybridized carbons (Fsp3) is 0.735. The van der Waals surface area contributed by atoms with Gasteiger partial charge in [0.1, 0.15) is 12.1 Å². The monoisotopic (exact) mass is 618 g/mol. The summed E-state index contributed by atoms with van der Waals surface area (Å²) in [5.74, 6) is -1.46. The highest BCUT2D eigenvalue weighted by atomic mass is 28.4. The second kappa shape index (κ2) is 16.7. The molecule has 9 heteroatoms. The Kier molecular flexibility index (Phi) is 14.4. The largest absolute Gasteiger partial charge is 0.467 e. The summed E-state index contributed by atoms with van der Waals surface area (Å²) >= 11 is 0. The Bertz CT molecular complexity index is 1010. The number of rotatable bonds is 16. The molecule has 0 aliphatic carbocycles. The van der Waals surface area contributed by atoms with Gasteiger partial charge in [-0.2, -0.15) is 0 Å². The van der Waals surface area contributed by atoms with E-state index in [-0.39, 0.29) is 23.8 Å². The zero-order valence-electron chi connectivity index (χ0n) is 28.3. The predicted octanol–water partition coefficient (Wildman–Crippen LogP) is 5.87. The van der Waals surface area contributed by atoms with E-state index in [1.54, 1.807) is 11.8 Å². The minimum absolute atomic E-state index is 0.0176. The number of amides is 2. The van der Waals surface area contributed by atoms with Gasteiger partial charge in [-0.25, -0.2) is 4.79 Å². The first-order chi connectivity index (χ1) is 20.2. The molecule has 0 bridgehead atoms. The fourth-order valence-corrected chi connectivity index (χ4v) is 12.9. The van der Waals surface area contributed by atoms with Crippen molar-refractivity contribution in [1.82, 2.24) is 10.2 Å². The number of aliphatic hydroxyl groups excluding tert-OH is 1. The number of nitrogens with one attached hydrogen (secondary N) is 1. The van der Waals surface area contributed by atoms with Crippen LogP contribution >= 0.6 is 0 Å². The molecular formula is C34H58N2O6Si. The van der Waals surface area contributed by atoms with Crippen LogP contribution in [0.3, 0.4) is 0 Å². The molecule has 6 atom stereocenters. The number of likely N-dealkylation sites (tertiary alicyclic amines) is 1. The minimum atomic E-state index is -2.36. The van der Waals surface area contributed by atoms with Gasteiger partial charge in [-0.15, -0.1) is 0 Å². The molecule has 1 aliphatic rings. The van der Waals surface area contributed by atoms with Gasteiger partial charge in [0.15, 0.2) is 0 Å². The zero-order chi connectivity index (χ0) is 32.5. The molecule has 1 heterocycles. The smallest absolute Gasteiger partial charge is 0.328 e. The summed E-state index contributed by atoms with van der Waals surface area (Å²) in [6.45, 7) is 19.6. The van der Waals surface area contributed by atoms with Gasteiger partial charge in [-0.05, 0) is 60.7 Å². The summed E-state index contributed by atoms with van der Waals surface area (Å²) in [7, 11) is -1.02. The van der Waals surface area contributed by atoms with E-state index < -0.39 is 38.4 Å². The van der Waals surface area contributed by atoms with E-state index in [1.165, 1.54) is 7.11 Å². The molecule has 8 nitrogen and oxygen atoms in total. The normalized spacial score (nSPS) is 19.3. The van der Waals surface area contributed by atoms with Gasteiger partial charge in [0, 0.05) is 13.0 Å². The lowest BCUT2D eigenvalue weighted by molar-refractivity contribution is -0.152. The van der Waals surface area contributed by atoms with Crippen LogP contribution in [-0.4, -0.2) is 74.1 Å². The van der Waals surface area contributed by atoms with Gasteiger partial charge >= 0.3 is 5.97 Å². The first-order valence-corrected chi connectivity index (χ1v) is 18.4. The Morgan fingerprint density at radius 2 is 1.53 bits per heavy atom. The van der Waals surface area contributed by atoms with Gasteiger partial charge in [-0.3, -0.25) is 9.59 Å². The van der Waals surface area contributed by atoms with Gasteiger partial charge in [-0.1, -0.05) is 85.7 Å². The van der Waals surface area contributed by atoms with Crippen LogP contribution in [0.25, 0.3) is 0 Å². The van der Waals surface area contributed by atoms with Crippen LogP contribution in [-0.2, 0) is 30.0 Å². The standard InChI is InChI=1S/C34H58N2O6Si/c1-22(2)43(23(3)4,24(5)6)42-31(25(7)18-19-26(8)37)27(9)32(38)35-29(21-28-15-12-11-13-16-28)33(39)36-20-14-17-30(36)34(40)41-10/h11-13,15-16,22-27,29-31,37H,14,17-21H2,1-10H3,(H,35,38)/t25-,26-,27+,29+,30+,31-/m1/s1. The highest BCUT2D eigenvalue weighted by molar-refractivity contribution is 6.77. The van der Waals surface area contributed by atoms with Crippen LogP contribution < -0.4 is 5.32 Å². The molecule has 1 aromatic carbocycles. The average Bonchev–Trinajstić information content (AvgIpc) is 3.45. The molecule has 2 rings (SSSR count). The molecule has 1 aliphatic heterocycles. The molecule has 1 fully saturated rings. The number of ether oxygens (including phenoxy) is 1. The van der Waals surface area contributed by atoms with E-state index in [9.17, 15) is 19.5 Å². The number of aliphatic hydroxyl groups is 1. The van der Waals surface area contributed by atoms with Crippen LogP contribution in [0.4, 0.5) is 0 Å². The molecule has 1 aromatic rings. The van der Waals surface area contributed by atoms with Gasteiger partial charge < -0.3 is 24.5 Å². The first-order valence-electron chi connectivity index (χ1n) is 16.3. The number of carbonyl (C=O) groups excluding carboxylic acids is 3. The van der Waals surface area contributed by atoms with Crippen molar-refractivity contribution in [3.05, 3.63) is 35.9 Å². The number of benzene rings is 1. The molecule has 2 amide bonds. The van der Waals surface area contributed by atoms with E-state index in [4.69, 9.17) is 9.16 Å². The third-order valence-electron chi connectivity index (χ3n) is 9.46. The third kappa shape index (κ3) is 9.38. The minimum Gasteiger partial charge on any atom is -0.467 e. The molecule has 43 heavy (non-hydrogen) atoms. The van der Waals surface area contributed by atoms with Crippen molar-refractivity contribution in [3.63, 3.8) is 0 Å². The first kappa shape index (κ1) is 37.0. The molecular weight excluding hydrogens is 560 g/mol. The second-order valence-corrected chi connectivity index (χ2v) is 19.0. The molecule has 2 N–H and O–H groups in total.